The lowest BCUT2D eigenvalue weighted by Gasteiger charge is -2.43. The molecule has 2 atom stereocenters. The summed E-state index contributed by atoms with van der Waals surface area (Å²) in [4.78, 5) is 2.67. The van der Waals surface area contributed by atoms with E-state index in [-0.39, 0.29) is 5.54 Å². The predicted molar refractivity (Wildman–Crippen MR) is 81.3 cm³/mol. The Labute approximate surface area is 123 Å². The molecule has 3 aliphatic carbocycles. The Kier molecular flexibility index (Phi) is 4.33. The summed E-state index contributed by atoms with van der Waals surface area (Å²) >= 11 is 0. The van der Waals surface area contributed by atoms with Gasteiger partial charge >= 0.3 is 0 Å². The van der Waals surface area contributed by atoms with E-state index in [0.29, 0.717) is 12.1 Å². The van der Waals surface area contributed by atoms with Crippen molar-refractivity contribution in [2.45, 2.75) is 82.3 Å². The molecule has 3 fully saturated rings. The van der Waals surface area contributed by atoms with Crippen molar-refractivity contribution in [2.75, 3.05) is 13.1 Å². The topological polar surface area (TPSA) is 39.1 Å². The Hall–Kier alpha value is -0.590. The summed E-state index contributed by atoms with van der Waals surface area (Å²) in [6.45, 7) is 4.70. The number of nitriles is 1. The lowest BCUT2D eigenvalue weighted by atomic mass is 9.78. The highest BCUT2D eigenvalue weighted by molar-refractivity contribution is 5.13. The fraction of sp³-hybridized carbons (Fsp3) is 0.941. The summed E-state index contributed by atoms with van der Waals surface area (Å²) in [5.41, 5.74) is -0.225. The maximum absolute atomic E-state index is 9.70. The zero-order chi connectivity index (χ0) is 14.0. The number of nitrogens with one attached hydrogen (secondary N) is 1. The van der Waals surface area contributed by atoms with E-state index in [1.807, 2.05) is 0 Å². The van der Waals surface area contributed by atoms with E-state index >= 15 is 0 Å². The SMILES string of the molecule is CCN(CC1CCC1)C1CCCC(C#N)(NC2CC2)C1. The fourth-order valence-corrected chi connectivity index (χ4v) is 3.98. The second kappa shape index (κ2) is 6.03. The molecular weight excluding hydrogens is 246 g/mol. The average molecular weight is 275 g/mol. The van der Waals surface area contributed by atoms with Crippen LogP contribution in [0.15, 0.2) is 0 Å². The van der Waals surface area contributed by atoms with E-state index in [1.165, 1.54) is 51.5 Å². The fourth-order valence-electron chi connectivity index (χ4n) is 3.98. The highest BCUT2D eigenvalue weighted by Gasteiger charge is 2.42. The molecule has 0 aromatic heterocycles. The minimum Gasteiger partial charge on any atom is -0.300 e. The van der Waals surface area contributed by atoms with Crippen molar-refractivity contribution in [3.8, 4) is 6.07 Å². The lowest BCUT2D eigenvalue weighted by molar-refractivity contribution is 0.0898. The number of nitrogens with zero attached hydrogens (tertiary/aromatic N) is 2. The first-order chi connectivity index (χ1) is 9.74. The zero-order valence-electron chi connectivity index (χ0n) is 12.9. The molecule has 20 heavy (non-hydrogen) atoms. The molecule has 3 saturated carbocycles. The first-order valence-electron chi connectivity index (χ1n) is 8.67. The van der Waals surface area contributed by atoms with Crippen molar-refractivity contribution in [1.82, 2.24) is 10.2 Å². The molecule has 3 nitrogen and oxygen atoms in total. The van der Waals surface area contributed by atoms with Crippen LogP contribution < -0.4 is 5.32 Å². The molecular formula is C17H29N3. The van der Waals surface area contributed by atoms with Crippen LogP contribution in [0.4, 0.5) is 0 Å². The quantitative estimate of drug-likeness (QED) is 0.809. The van der Waals surface area contributed by atoms with Gasteiger partial charge in [0.25, 0.3) is 0 Å². The van der Waals surface area contributed by atoms with Gasteiger partial charge in [0.2, 0.25) is 0 Å². The molecule has 3 heteroatoms. The molecule has 0 aromatic rings. The molecule has 3 rings (SSSR count). The normalized spacial score (nSPS) is 34.8. The third-order valence-corrected chi connectivity index (χ3v) is 5.64. The van der Waals surface area contributed by atoms with Gasteiger partial charge in [0.1, 0.15) is 5.54 Å². The van der Waals surface area contributed by atoms with Gasteiger partial charge in [-0.2, -0.15) is 5.26 Å². The van der Waals surface area contributed by atoms with Gasteiger partial charge in [-0.05, 0) is 63.8 Å². The third kappa shape index (κ3) is 3.18. The minimum atomic E-state index is -0.225. The highest BCUT2D eigenvalue weighted by atomic mass is 15.2. The van der Waals surface area contributed by atoms with Crippen LogP contribution in [0.2, 0.25) is 0 Å². The van der Waals surface area contributed by atoms with Crippen molar-refractivity contribution in [3.63, 3.8) is 0 Å². The maximum atomic E-state index is 9.70. The van der Waals surface area contributed by atoms with Gasteiger partial charge in [-0.1, -0.05) is 13.3 Å². The summed E-state index contributed by atoms with van der Waals surface area (Å²) in [6, 6.07) is 3.90. The first kappa shape index (κ1) is 14.4. The molecule has 2 unspecified atom stereocenters. The summed E-state index contributed by atoms with van der Waals surface area (Å²) < 4.78 is 0. The second-order valence-electron chi connectivity index (χ2n) is 7.25. The van der Waals surface area contributed by atoms with Crippen molar-refractivity contribution < 1.29 is 0 Å². The van der Waals surface area contributed by atoms with Crippen molar-refractivity contribution >= 4 is 0 Å². The number of hydrogen-bond donors (Lipinski definition) is 1. The van der Waals surface area contributed by atoms with Crippen LogP contribution in [0.25, 0.3) is 0 Å². The Morgan fingerprint density at radius 2 is 2.00 bits per heavy atom. The van der Waals surface area contributed by atoms with E-state index in [2.05, 4.69) is 23.2 Å². The Morgan fingerprint density at radius 3 is 2.55 bits per heavy atom. The molecule has 0 spiro atoms. The molecule has 0 aliphatic heterocycles. The number of hydrogen-bond acceptors (Lipinski definition) is 3. The standard InChI is InChI=1S/C17H29N3/c1-2-20(12-14-5-3-6-14)16-7-4-10-17(11-16,13-18)19-15-8-9-15/h14-16,19H,2-12H2,1H3. The van der Waals surface area contributed by atoms with Gasteiger partial charge in [-0.3, -0.25) is 5.32 Å². The molecule has 0 bridgehead atoms. The van der Waals surface area contributed by atoms with Crippen LogP contribution in [0, 0.1) is 17.2 Å². The Balaban J connectivity index is 1.61. The van der Waals surface area contributed by atoms with Gasteiger partial charge in [-0.15, -0.1) is 0 Å². The van der Waals surface area contributed by atoms with Crippen LogP contribution in [0.5, 0.6) is 0 Å². The smallest absolute Gasteiger partial charge is 0.108 e. The highest BCUT2D eigenvalue weighted by Crippen LogP contribution is 2.36. The van der Waals surface area contributed by atoms with Crippen LogP contribution in [-0.2, 0) is 0 Å². The molecule has 3 aliphatic rings. The van der Waals surface area contributed by atoms with Crippen LogP contribution in [0.3, 0.4) is 0 Å². The monoisotopic (exact) mass is 275 g/mol. The van der Waals surface area contributed by atoms with E-state index in [1.54, 1.807) is 0 Å². The van der Waals surface area contributed by atoms with Crippen LogP contribution >= 0.6 is 0 Å². The molecule has 0 amide bonds. The second-order valence-corrected chi connectivity index (χ2v) is 7.25. The molecule has 0 aromatic carbocycles. The Bertz CT molecular complexity index is 367. The predicted octanol–water partition coefficient (Wildman–Crippen LogP) is 3.07. The third-order valence-electron chi connectivity index (χ3n) is 5.64. The van der Waals surface area contributed by atoms with Gasteiger partial charge in [0, 0.05) is 18.6 Å². The van der Waals surface area contributed by atoms with E-state index in [4.69, 9.17) is 0 Å². The first-order valence-corrected chi connectivity index (χ1v) is 8.67. The Morgan fingerprint density at radius 1 is 1.20 bits per heavy atom. The molecule has 1 N–H and O–H groups in total. The summed E-state index contributed by atoms with van der Waals surface area (Å²) in [7, 11) is 0. The van der Waals surface area contributed by atoms with E-state index in [9.17, 15) is 5.26 Å². The van der Waals surface area contributed by atoms with E-state index < -0.39 is 0 Å². The van der Waals surface area contributed by atoms with Crippen molar-refractivity contribution in [3.05, 3.63) is 0 Å². The minimum absolute atomic E-state index is 0.225. The number of rotatable bonds is 6. The summed E-state index contributed by atoms with van der Waals surface area (Å²) in [5, 5.41) is 13.4. The van der Waals surface area contributed by atoms with E-state index in [0.717, 1.165) is 25.3 Å². The lowest BCUT2D eigenvalue weighted by Crippen LogP contribution is -2.54. The molecule has 0 radical (unpaired) electrons. The molecule has 0 saturated heterocycles. The van der Waals surface area contributed by atoms with Gasteiger partial charge in [-0.25, -0.2) is 0 Å². The van der Waals surface area contributed by atoms with Gasteiger partial charge in [0.15, 0.2) is 0 Å². The summed E-state index contributed by atoms with van der Waals surface area (Å²) in [6.07, 6.45) is 11.4. The molecule has 0 heterocycles. The van der Waals surface area contributed by atoms with Crippen LogP contribution in [-0.4, -0.2) is 35.6 Å². The van der Waals surface area contributed by atoms with Gasteiger partial charge in [0.05, 0.1) is 6.07 Å². The van der Waals surface area contributed by atoms with Crippen molar-refractivity contribution in [2.24, 2.45) is 5.92 Å². The van der Waals surface area contributed by atoms with Crippen LogP contribution in [0.1, 0.15) is 64.7 Å². The zero-order valence-corrected chi connectivity index (χ0v) is 12.9. The molecule has 112 valence electrons. The van der Waals surface area contributed by atoms with Crippen molar-refractivity contribution in [1.29, 1.82) is 5.26 Å². The summed E-state index contributed by atoms with van der Waals surface area (Å²) in [5.74, 6) is 0.935. The largest absolute Gasteiger partial charge is 0.300 e. The van der Waals surface area contributed by atoms with Gasteiger partial charge < -0.3 is 4.90 Å². The average Bonchev–Trinajstić information content (AvgIpc) is 3.22. The maximum Gasteiger partial charge on any atom is 0.108 e.